The van der Waals surface area contributed by atoms with Crippen molar-refractivity contribution >= 4 is 22.6 Å². The Morgan fingerprint density at radius 2 is 1.70 bits per heavy atom. The summed E-state index contributed by atoms with van der Waals surface area (Å²) in [5, 5.41) is 11.7. The molecule has 6 nitrogen and oxygen atoms in total. The van der Waals surface area contributed by atoms with E-state index < -0.39 is 0 Å². The number of amides is 1. The van der Waals surface area contributed by atoms with Gasteiger partial charge in [-0.15, -0.1) is 10.2 Å². The van der Waals surface area contributed by atoms with Gasteiger partial charge in [-0.3, -0.25) is 4.79 Å². The fraction of sp³-hybridized carbons (Fsp3) is 0.174. The maximum Gasteiger partial charge on any atom is 0.262 e. The zero-order valence-electron chi connectivity index (χ0n) is 16.7. The van der Waals surface area contributed by atoms with E-state index >= 15 is 0 Å². The molecule has 3 aromatic carbocycles. The van der Waals surface area contributed by atoms with Gasteiger partial charge in [0.2, 0.25) is 0 Å². The maximum atomic E-state index is 13.1. The fourth-order valence-electron chi connectivity index (χ4n) is 3.05. The Bertz CT molecular complexity index is 1180. The second-order valence-corrected chi connectivity index (χ2v) is 6.96. The van der Waals surface area contributed by atoms with Crippen LogP contribution in [-0.2, 0) is 11.2 Å². The van der Waals surface area contributed by atoms with Gasteiger partial charge in [-0.2, -0.15) is 4.80 Å². The van der Waals surface area contributed by atoms with Crippen LogP contribution in [0.2, 0.25) is 0 Å². The molecule has 1 amide bonds. The van der Waals surface area contributed by atoms with Crippen molar-refractivity contribution in [3.63, 3.8) is 0 Å². The summed E-state index contributed by atoms with van der Waals surface area (Å²) in [5.74, 6) is 0.0690. The Kier molecular flexibility index (Phi) is 5.43. The molecular weight excluding hydrogens is 383 g/mol. The van der Waals surface area contributed by atoms with Crippen LogP contribution in [0.4, 0.5) is 10.1 Å². The Labute approximate surface area is 173 Å². The number of fused-ring (bicyclic) bond motifs is 1. The molecule has 0 aliphatic rings. The van der Waals surface area contributed by atoms with Crippen LogP contribution in [-0.4, -0.2) is 27.5 Å². The molecule has 0 atom stereocenters. The first-order valence-electron chi connectivity index (χ1n) is 9.67. The average Bonchev–Trinajstić information content (AvgIpc) is 3.16. The lowest BCUT2D eigenvalue weighted by Gasteiger charge is -2.10. The molecular formula is C23H21FN4O2. The van der Waals surface area contributed by atoms with Crippen LogP contribution < -0.4 is 10.1 Å². The lowest BCUT2D eigenvalue weighted by molar-refractivity contribution is -0.118. The normalized spacial score (nSPS) is 10.9. The number of nitrogens with one attached hydrogen (secondary N) is 1. The molecule has 7 heteroatoms. The first kappa shape index (κ1) is 19.6. The number of aryl methyl sites for hydroxylation is 2. The van der Waals surface area contributed by atoms with Crippen molar-refractivity contribution in [1.82, 2.24) is 15.0 Å². The number of carbonyl (C=O) groups excluding carboxylic acids is 1. The fourth-order valence-corrected chi connectivity index (χ4v) is 3.05. The summed E-state index contributed by atoms with van der Waals surface area (Å²) in [5.41, 5.74) is 4.67. The van der Waals surface area contributed by atoms with E-state index in [-0.39, 0.29) is 18.3 Å². The smallest absolute Gasteiger partial charge is 0.262 e. The zero-order valence-corrected chi connectivity index (χ0v) is 16.7. The minimum Gasteiger partial charge on any atom is -0.484 e. The first-order chi connectivity index (χ1) is 14.5. The number of aromatic nitrogens is 3. The summed E-state index contributed by atoms with van der Waals surface area (Å²) in [6.07, 6.45) is 0.953. The van der Waals surface area contributed by atoms with Crippen LogP contribution in [0.3, 0.4) is 0 Å². The van der Waals surface area contributed by atoms with Gasteiger partial charge in [-0.05, 0) is 73.0 Å². The predicted molar refractivity (Wildman–Crippen MR) is 114 cm³/mol. The summed E-state index contributed by atoms with van der Waals surface area (Å²) < 4.78 is 18.7. The van der Waals surface area contributed by atoms with Crippen LogP contribution in [0.1, 0.15) is 18.1 Å². The van der Waals surface area contributed by atoms with Crippen molar-refractivity contribution in [2.75, 3.05) is 11.9 Å². The second-order valence-electron chi connectivity index (χ2n) is 6.96. The first-order valence-corrected chi connectivity index (χ1v) is 9.67. The summed E-state index contributed by atoms with van der Waals surface area (Å²) >= 11 is 0. The van der Waals surface area contributed by atoms with Crippen molar-refractivity contribution in [2.24, 2.45) is 0 Å². The van der Waals surface area contributed by atoms with Crippen molar-refractivity contribution in [3.05, 3.63) is 77.6 Å². The number of hydrogen-bond acceptors (Lipinski definition) is 4. The second kappa shape index (κ2) is 8.32. The lowest BCUT2D eigenvalue weighted by Crippen LogP contribution is -2.20. The van der Waals surface area contributed by atoms with Gasteiger partial charge in [-0.1, -0.05) is 19.1 Å². The number of rotatable bonds is 6. The molecule has 0 fully saturated rings. The molecule has 30 heavy (non-hydrogen) atoms. The summed E-state index contributed by atoms with van der Waals surface area (Å²) in [4.78, 5) is 13.8. The molecule has 0 bridgehead atoms. The molecule has 0 saturated heterocycles. The number of benzene rings is 3. The van der Waals surface area contributed by atoms with E-state index in [0.29, 0.717) is 28.2 Å². The van der Waals surface area contributed by atoms with Gasteiger partial charge in [0, 0.05) is 5.69 Å². The van der Waals surface area contributed by atoms with E-state index in [9.17, 15) is 9.18 Å². The molecule has 152 valence electrons. The maximum absolute atomic E-state index is 13.1. The van der Waals surface area contributed by atoms with Crippen LogP contribution in [0, 0.1) is 12.7 Å². The van der Waals surface area contributed by atoms with Crippen LogP contribution in [0.5, 0.6) is 5.75 Å². The monoisotopic (exact) mass is 404 g/mol. The lowest BCUT2D eigenvalue weighted by atomic mass is 10.1. The Hall–Kier alpha value is -3.74. The number of nitrogens with zero attached hydrogens (tertiary/aromatic N) is 3. The Morgan fingerprint density at radius 1 is 1.03 bits per heavy atom. The number of carbonyl (C=O) groups is 1. The molecule has 0 radical (unpaired) electrons. The zero-order chi connectivity index (χ0) is 21.1. The quantitative estimate of drug-likeness (QED) is 0.516. The van der Waals surface area contributed by atoms with E-state index in [1.165, 1.54) is 22.5 Å². The minimum atomic E-state index is -0.320. The molecule has 0 unspecified atom stereocenters. The molecule has 1 aromatic heterocycles. The van der Waals surface area contributed by atoms with E-state index in [4.69, 9.17) is 4.74 Å². The van der Waals surface area contributed by atoms with Gasteiger partial charge in [0.25, 0.3) is 5.91 Å². The van der Waals surface area contributed by atoms with E-state index in [0.717, 1.165) is 12.0 Å². The third-order valence-electron chi connectivity index (χ3n) is 4.76. The van der Waals surface area contributed by atoms with Gasteiger partial charge in [0.05, 0.1) is 5.69 Å². The van der Waals surface area contributed by atoms with Gasteiger partial charge >= 0.3 is 0 Å². The van der Waals surface area contributed by atoms with Crippen LogP contribution in [0.25, 0.3) is 16.7 Å². The molecule has 4 rings (SSSR count). The molecule has 4 aromatic rings. The van der Waals surface area contributed by atoms with Crippen molar-refractivity contribution < 1.29 is 13.9 Å². The highest BCUT2D eigenvalue weighted by Gasteiger charge is 2.11. The predicted octanol–water partition coefficient (Wildman–Crippen LogP) is 4.45. The topological polar surface area (TPSA) is 69.0 Å². The highest BCUT2D eigenvalue weighted by atomic mass is 19.1. The van der Waals surface area contributed by atoms with Gasteiger partial charge in [-0.25, -0.2) is 4.39 Å². The van der Waals surface area contributed by atoms with Gasteiger partial charge in [0.1, 0.15) is 22.6 Å². The number of anilines is 1. The summed E-state index contributed by atoms with van der Waals surface area (Å²) in [6, 6.07) is 17.2. The highest BCUT2D eigenvalue weighted by molar-refractivity contribution is 5.95. The highest BCUT2D eigenvalue weighted by Crippen LogP contribution is 2.22. The van der Waals surface area contributed by atoms with Gasteiger partial charge < -0.3 is 10.1 Å². The third-order valence-corrected chi connectivity index (χ3v) is 4.76. The third kappa shape index (κ3) is 4.30. The number of hydrogen-bond donors (Lipinski definition) is 1. The standard InChI is InChI=1S/C23H21FN4O2/c1-3-16-4-10-19(11-5-16)30-14-23(29)25-20-13-22-21(12-15(20)2)26-28(27-22)18-8-6-17(24)7-9-18/h4-13H,3,14H2,1-2H3,(H,25,29). The molecule has 1 N–H and O–H groups in total. The molecule has 0 aliphatic carbocycles. The van der Waals surface area contributed by atoms with E-state index in [2.05, 4.69) is 22.4 Å². The van der Waals surface area contributed by atoms with Crippen molar-refractivity contribution in [3.8, 4) is 11.4 Å². The van der Waals surface area contributed by atoms with Crippen LogP contribution >= 0.6 is 0 Å². The minimum absolute atomic E-state index is 0.0920. The van der Waals surface area contributed by atoms with Crippen molar-refractivity contribution in [2.45, 2.75) is 20.3 Å². The molecule has 0 saturated carbocycles. The number of ether oxygens (including phenoxy) is 1. The van der Waals surface area contributed by atoms with E-state index in [1.54, 1.807) is 18.2 Å². The van der Waals surface area contributed by atoms with Gasteiger partial charge in [0.15, 0.2) is 6.61 Å². The summed E-state index contributed by atoms with van der Waals surface area (Å²) in [6.45, 7) is 3.88. The van der Waals surface area contributed by atoms with E-state index in [1.807, 2.05) is 37.3 Å². The molecule has 1 heterocycles. The SMILES string of the molecule is CCc1ccc(OCC(=O)Nc2cc3nn(-c4ccc(F)cc4)nc3cc2C)cc1. The van der Waals surface area contributed by atoms with Crippen LogP contribution in [0.15, 0.2) is 60.7 Å². The molecule has 0 spiro atoms. The summed E-state index contributed by atoms with van der Waals surface area (Å²) in [7, 11) is 0. The Morgan fingerprint density at radius 3 is 2.37 bits per heavy atom. The average molecular weight is 404 g/mol. The van der Waals surface area contributed by atoms with Crippen molar-refractivity contribution in [1.29, 1.82) is 0 Å². The largest absolute Gasteiger partial charge is 0.484 e. The number of halogens is 1. The molecule has 0 aliphatic heterocycles. The Balaban J connectivity index is 1.47.